The third kappa shape index (κ3) is 4.15. The van der Waals surface area contributed by atoms with Crippen LogP contribution in [0.3, 0.4) is 0 Å². The highest BCUT2D eigenvalue weighted by Crippen LogP contribution is 2.24. The molecule has 0 fully saturated rings. The first-order valence-corrected chi connectivity index (χ1v) is 7.16. The van der Waals surface area contributed by atoms with Gasteiger partial charge in [0.15, 0.2) is 5.78 Å². The minimum absolute atomic E-state index is 0.156. The maximum absolute atomic E-state index is 11.8. The lowest BCUT2D eigenvalue weighted by molar-refractivity contribution is 0.101. The van der Waals surface area contributed by atoms with Crippen LogP contribution in [0.2, 0.25) is 0 Å². The van der Waals surface area contributed by atoms with E-state index in [1.165, 1.54) is 11.1 Å². The van der Waals surface area contributed by atoms with Crippen LogP contribution in [0.15, 0.2) is 6.07 Å². The molecule has 3 nitrogen and oxygen atoms in total. The third-order valence-electron chi connectivity index (χ3n) is 3.80. The zero-order chi connectivity index (χ0) is 15.3. The Kier molecular flexibility index (Phi) is 6.37. The van der Waals surface area contributed by atoms with Crippen LogP contribution in [0.25, 0.3) is 0 Å². The van der Waals surface area contributed by atoms with Crippen LogP contribution >= 0.6 is 0 Å². The van der Waals surface area contributed by atoms with Gasteiger partial charge in [-0.2, -0.15) is 0 Å². The molecule has 0 bridgehead atoms. The van der Waals surface area contributed by atoms with Crippen LogP contribution in [-0.2, 0) is 11.3 Å². The second-order valence-corrected chi connectivity index (χ2v) is 5.63. The molecule has 0 unspecified atom stereocenters. The summed E-state index contributed by atoms with van der Waals surface area (Å²) in [6.45, 7) is 10.5. The van der Waals surface area contributed by atoms with Gasteiger partial charge in [0.1, 0.15) is 0 Å². The number of carbonyl (C=O) groups excluding carboxylic acids is 1. The van der Waals surface area contributed by atoms with E-state index < -0.39 is 0 Å². The van der Waals surface area contributed by atoms with Gasteiger partial charge in [0.25, 0.3) is 0 Å². The number of nitrogens with zero attached hydrogens (tertiary/aromatic N) is 1. The molecule has 1 aromatic carbocycles. The average Bonchev–Trinajstić information content (AvgIpc) is 2.34. The van der Waals surface area contributed by atoms with E-state index in [9.17, 15) is 4.79 Å². The Morgan fingerprint density at radius 1 is 1.25 bits per heavy atom. The van der Waals surface area contributed by atoms with Crippen molar-refractivity contribution in [2.24, 2.45) is 0 Å². The molecule has 0 aromatic heterocycles. The number of Topliss-reactive ketones (excluding diaryl/α,β-unsaturated/α-hetero) is 1. The number of ether oxygens (including phenoxy) is 1. The van der Waals surface area contributed by atoms with Crippen molar-refractivity contribution in [2.45, 2.75) is 40.7 Å². The Bertz CT molecular complexity index is 480. The number of hydrogen-bond donors (Lipinski definition) is 0. The topological polar surface area (TPSA) is 29.5 Å². The lowest BCUT2D eigenvalue weighted by Crippen LogP contribution is -2.22. The van der Waals surface area contributed by atoms with Gasteiger partial charge in [-0.25, -0.2) is 0 Å². The summed E-state index contributed by atoms with van der Waals surface area (Å²) in [6, 6.07) is 2.13. The molecule has 1 rings (SSSR count). The van der Waals surface area contributed by atoms with Crippen LogP contribution in [0.1, 0.15) is 46.0 Å². The number of hydrogen-bond acceptors (Lipinski definition) is 3. The Balaban J connectivity index is 2.95. The first-order chi connectivity index (χ1) is 9.38. The molecule has 3 heteroatoms. The van der Waals surface area contributed by atoms with Crippen molar-refractivity contribution in [3.8, 4) is 0 Å². The van der Waals surface area contributed by atoms with E-state index >= 15 is 0 Å². The molecule has 0 aliphatic rings. The molecule has 0 saturated heterocycles. The summed E-state index contributed by atoms with van der Waals surface area (Å²) in [5.74, 6) is 0.156. The zero-order valence-electron chi connectivity index (χ0n) is 13.7. The fourth-order valence-corrected chi connectivity index (χ4v) is 2.84. The van der Waals surface area contributed by atoms with Crippen molar-refractivity contribution in [3.05, 3.63) is 33.9 Å². The van der Waals surface area contributed by atoms with Crippen molar-refractivity contribution in [1.82, 2.24) is 4.90 Å². The number of methoxy groups -OCH3 is 1. The van der Waals surface area contributed by atoms with Crippen molar-refractivity contribution in [3.63, 3.8) is 0 Å². The molecule has 20 heavy (non-hydrogen) atoms. The van der Waals surface area contributed by atoms with Crippen LogP contribution in [0.4, 0.5) is 0 Å². The van der Waals surface area contributed by atoms with E-state index in [-0.39, 0.29) is 5.78 Å². The second-order valence-electron chi connectivity index (χ2n) is 5.63. The summed E-state index contributed by atoms with van der Waals surface area (Å²) < 4.78 is 5.08. The molecule has 1 aromatic rings. The SMILES string of the molecule is COCCCN(C)Cc1c(C)cc(C)c(C(C)=O)c1C. The average molecular weight is 277 g/mol. The second kappa shape index (κ2) is 7.55. The minimum atomic E-state index is 0.156. The largest absolute Gasteiger partial charge is 0.385 e. The molecule has 0 radical (unpaired) electrons. The lowest BCUT2D eigenvalue weighted by Gasteiger charge is -2.21. The summed E-state index contributed by atoms with van der Waals surface area (Å²) in [6.07, 6.45) is 1.02. The molecule has 0 N–H and O–H groups in total. The standard InChI is InChI=1S/C17H27NO2/c1-12-10-13(2)17(15(4)19)14(3)16(12)11-18(5)8-7-9-20-6/h10H,7-9,11H2,1-6H3. The van der Waals surface area contributed by atoms with E-state index in [0.29, 0.717) is 0 Å². The van der Waals surface area contributed by atoms with Gasteiger partial charge in [-0.15, -0.1) is 0 Å². The fraction of sp³-hybridized carbons (Fsp3) is 0.588. The maximum atomic E-state index is 11.8. The molecule has 0 heterocycles. The van der Waals surface area contributed by atoms with Crippen molar-refractivity contribution in [1.29, 1.82) is 0 Å². The summed E-state index contributed by atoms with van der Waals surface area (Å²) in [4.78, 5) is 14.1. The van der Waals surface area contributed by atoms with Gasteiger partial charge >= 0.3 is 0 Å². The highest BCUT2D eigenvalue weighted by molar-refractivity contribution is 5.97. The van der Waals surface area contributed by atoms with Gasteiger partial charge in [-0.3, -0.25) is 4.79 Å². The quantitative estimate of drug-likeness (QED) is 0.566. The van der Waals surface area contributed by atoms with E-state index in [0.717, 1.165) is 42.8 Å². The Hall–Kier alpha value is -1.19. The van der Waals surface area contributed by atoms with Gasteiger partial charge in [0.05, 0.1) is 0 Å². The molecule has 0 aliphatic heterocycles. The molecular formula is C17H27NO2. The number of carbonyl (C=O) groups is 1. The normalized spacial score (nSPS) is 11.2. The Morgan fingerprint density at radius 3 is 2.45 bits per heavy atom. The van der Waals surface area contributed by atoms with Gasteiger partial charge in [0.2, 0.25) is 0 Å². The Labute approximate surface area is 122 Å². The number of benzene rings is 1. The maximum Gasteiger partial charge on any atom is 0.160 e. The van der Waals surface area contributed by atoms with Crippen LogP contribution in [0.5, 0.6) is 0 Å². The fourth-order valence-electron chi connectivity index (χ4n) is 2.84. The summed E-state index contributed by atoms with van der Waals surface area (Å²) in [7, 11) is 3.84. The van der Waals surface area contributed by atoms with Crippen molar-refractivity contribution < 1.29 is 9.53 Å². The van der Waals surface area contributed by atoms with Gasteiger partial charge in [-0.05, 0) is 63.4 Å². The summed E-state index contributed by atoms with van der Waals surface area (Å²) in [5, 5.41) is 0. The van der Waals surface area contributed by atoms with E-state index in [2.05, 4.69) is 31.9 Å². The first-order valence-electron chi connectivity index (χ1n) is 7.16. The number of aryl methyl sites for hydroxylation is 2. The first kappa shape index (κ1) is 16.9. The number of ketones is 1. The molecule has 0 amide bonds. The Morgan fingerprint density at radius 2 is 1.90 bits per heavy atom. The van der Waals surface area contributed by atoms with Gasteiger partial charge in [-0.1, -0.05) is 6.07 Å². The van der Waals surface area contributed by atoms with Crippen molar-refractivity contribution in [2.75, 3.05) is 27.3 Å². The molecule has 0 atom stereocenters. The zero-order valence-corrected chi connectivity index (χ0v) is 13.7. The van der Waals surface area contributed by atoms with Crippen LogP contribution < -0.4 is 0 Å². The molecule has 0 aliphatic carbocycles. The molecule has 112 valence electrons. The molecule has 0 saturated carbocycles. The van der Waals surface area contributed by atoms with Crippen LogP contribution in [0, 0.1) is 20.8 Å². The highest BCUT2D eigenvalue weighted by Gasteiger charge is 2.15. The van der Waals surface area contributed by atoms with Crippen molar-refractivity contribution >= 4 is 5.78 Å². The van der Waals surface area contributed by atoms with Gasteiger partial charge in [0, 0.05) is 32.4 Å². The monoisotopic (exact) mass is 277 g/mol. The predicted molar refractivity (Wildman–Crippen MR) is 83.5 cm³/mol. The molecular weight excluding hydrogens is 250 g/mol. The number of rotatable bonds is 7. The van der Waals surface area contributed by atoms with Crippen LogP contribution in [-0.4, -0.2) is 38.0 Å². The predicted octanol–water partition coefficient (Wildman–Crippen LogP) is 3.28. The summed E-state index contributed by atoms with van der Waals surface area (Å²) in [5.41, 5.74) is 5.65. The van der Waals surface area contributed by atoms with E-state index in [4.69, 9.17) is 4.74 Å². The van der Waals surface area contributed by atoms with E-state index in [1.54, 1.807) is 14.0 Å². The third-order valence-corrected chi connectivity index (χ3v) is 3.80. The smallest absolute Gasteiger partial charge is 0.160 e. The summed E-state index contributed by atoms with van der Waals surface area (Å²) >= 11 is 0. The molecule has 0 spiro atoms. The lowest BCUT2D eigenvalue weighted by atomic mass is 9.91. The van der Waals surface area contributed by atoms with Gasteiger partial charge < -0.3 is 9.64 Å². The van der Waals surface area contributed by atoms with E-state index in [1.807, 2.05) is 6.92 Å². The minimum Gasteiger partial charge on any atom is -0.385 e. The highest BCUT2D eigenvalue weighted by atomic mass is 16.5.